The summed E-state index contributed by atoms with van der Waals surface area (Å²) in [6, 6.07) is 0. The first-order chi connectivity index (χ1) is 1.00. The Hall–Kier alpha value is 1.64. The SMILES string of the molecule is CCl.S.[H-].[Na+]. The molecule has 24 valence electrons. The molecule has 0 atom stereocenters. The van der Waals surface area contributed by atoms with E-state index in [0.29, 0.717) is 0 Å². The topological polar surface area (TPSA) is 0 Å². The first-order valence-electron chi connectivity index (χ1n) is 0.378. The molecule has 0 saturated carbocycles. The summed E-state index contributed by atoms with van der Waals surface area (Å²) in [4.78, 5) is 0. The quantitative estimate of drug-likeness (QED) is 0.251. The van der Waals surface area contributed by atoms with E-state index in [1.807, 2.05) is 0 Å². The maximum atomic E-state index is 4.64. The first kappa shape index (κ1) is 17.4. The van der Waals surface area contributed by atoms with Gasteiger partial charge in [0.1, 0.15) is 0 Å². The molecule has 3 heteroatoms. The van der Waals surface area contributed by atoms with Gasteiger partial charge >= 0.3 is 29.6 Å². The van der Waals surface area contributed by atoms with E-state index >= 15 is 0 Å². The van der Waals surface area contributed by atoms with E-state index in [1.165, 1.54) is 6.38 Å². The second-order valence-electron chi connectivity index (χ2n) is 0. The van der Waals surface area contributed by atoms with Gasteiger partial charge in [-0.2, -0.15) is 13.5 Å². The fraction of sp³-hybridized carbons (Fsp3) is 1.00. The average molecular weight is 109 g/mol. The van der Waals surface area contributed by atoms with Crippen LogP contribution in [-0.4, -0.2) is 6.38 Å². The van der Waals surface area contributed by atoms with E-state index in [9.17, 15) is 0 Å². The molecule has 0 saturated heterocycles. The summed E-state index contributed by atoms with van der Waals surface area (Å²) in [7, 11) is 0. The van der Waals surface area contributed by atoms with Crippen LogP contribution in [0.4, 0.5) is 0 Å². The van der Waals surface area contributed by atoms with Crippen LogP contribution >= 0.6 is 25.1 Å². The minimum atomic E-state index is 0. The number of alkyl halides is 1. The van der Waals surface area contributed by atoms with Gasteiger partial charge in [0.2, 0.25) is 0 Å². The standard InChI is InChI=1S/CH3Cl.Na.H2S.H/c1-2;;;/h1H3;;1H2;/q;+1;;-1. The second kappa shape index (κ2) is 22.9. The molecule has 4 heavy (non-hydrogen) atoms. The van der Waals surface area contributed by atoms with Crippen LogP contribution in [0.2, 0.25) is 0 Å². The van der Waals surface area contributed by atoms with Crippen LogP contribution in [0.25, 0.3) is 0 Å². The molecule has 0 aliphatic heterocycles. The van der Waals surface area contributed by atoms with Crippen molar-refractivity contribution in [1.29, 1.82) is 0 Å². The summed E-state index contributed by atoms with van der Waals surface area (Å²) in [5.41, 5.74) is 0. The molecular formula is CH6ClNaS. The van der Waals surface area contributed by atoms with Crippen molar-refractivity contribution in [1.82, 2.24) is 0 Å². The van der Waals surface area contributed by atoms with Crippen molar-refractivity contribution in [2.24, 2.45) is 0 Å². The van der Waals surface area contributed by atoms with Gasteiger partial charge in [0.05, 0.1) is 0 Å². The van der Waals surface area contributed by atoms with Crippen molar-refractivity contribution < 1.29 is 31.0 Å². The Morgan fingerprint density at radius 2 is 1.50 bits per heavy atom. The zero-order chi connectivity index (χ0) is 2.00. The van der Waals surface area contributed by atoms with Gasteiger partial charge in [-0.15, -0.1) is 11.6 Å². The van der Waals surface area contributed by atoms with Crippen LogP contribution < -0.4 is 29.6 Å². The Morgan fingerprint density at radius 1 is 1.50 bits per heavy atom. The number of rotatable bonds is 0. The molecule has 0 aromatic carbocycles. The summed E-state index contributed by atoms with van der Waals surface area (Å²) in [5.74, 6) is 0. The Morgan fingerprint density at radius 3 is 1.50 bits per heavy atom. The summed E-state index contributed by atoms with van der Waals surface area (Å²) >= 11 is 4.64. The van der Waals surface area contributed by atoms with Crippen molar-refractivity contribution in [3.8, 4) is 0 Å². The maximum absolute atomic E-state index is 4.64. The fourth-order valence-corrected chi connectivity index (χ4v) is 0. The number of halogens is 1. The Bertz CT molecular complexity index is 11.6. The number of hydrogen-bond acceptors (Lipinski definition) is 0. The van der Waals surface area contributed by atoms with Gasteiger partial charge in [-0.25, -0.2) is 0 Å². The monoisotopic (exact) mass is 108 g/mol. The molecule has 0 aromatic heterocycles. The van der Waals surface area contributed by atoms with Crippen LogP contribution in [0.3, 0.4) is 0 Å². The Kier molecular flexibility index (Phi) is 99.6. The van der Waals surface area contributed by atoms with Crippen molar-refractivity contribution in [3.63, 3.8) is 0 Å². The molecule has 0 radical (unpaired) electrons. The Balaban J connectivity index is -0.00000000167. The van der Waals surface area contributed by atoms with Gasteiger partial charge < -0.3 is 1.43 Å². The van der Waals surface area contributed by atoms with E-state index in [2.05, 4.69) is 11.6 Å². The van der Waals surface area contributed by atoms with Gasteiger partial charge in [-0.3, -0.25) is 0 Å². The van der Waals surface area contributed by atoms with Crippen LogP contribution in [0.5, 0.6) is 0 Å². The van der Waals surface area contributed by atoms with E-state index in [-0.39, 0.29) is 44.5 Å². The molecule has 0 N–H and O–H groups in total. The molecule has 0 fully saturated rings. The maximum Gasteiger partial charge on any atom is 1.00 e. The first-order valence-corrected chi connectivity index (χ1v) is 1.13. The van der Waals surface area contributed by atoms with Gasteiger partial charge in [-0.05, 0) is 0 Å². The molecule has 0 bridgehead atoms. The van der Waals surface area contributed by atoms with Gasteiger partial charge in [0.25, 0.3) is 0 Å². The molecule has 0 nitrogen and oxygen atoms in total. The minimum absolute atomic E-state index is 0. The summed E-state index contributed by atoms with van der Waals surface area (Å²) in [5, 5.41) is 0. The Labute approximate surface area is 62.1 Å². The van der Waals surface area contributed by atoms with E-state index in [4.69, 9.17) is 0 Å². The molecule has 0 spiro atoms. The van der Waals surface area contributed by atoms with Gasteiger partial charge in [0, 0.05) is 6.38 Å². The van der Waals surface area contributed by atoms with Crippen molar-refractivity contribution in [2.45, 2.75) is 0 Å². The van der Waals surface area contributed by atoms with Crippen LogP contribution in [0.1, 0.15) is 1.43 Å². The van der Waals surface area contributed by atoms with Crippen molar-refractivity contribution >= 4 is 25.1 Å². The molecular weight excluding hydrogens is 103 g/mol. The van der Waals surface area contributed by atoms with Crippen molar-refractivity contribution in [2.75, 3.05) is 6.38 Å². The van der Waals surface area contributed by atoms with E-state index in [0.717, 1.165) is 0 Å². The second-order valence-corrected chi connectivity index (χ2v) is 0. The zero-order valence-electron chi connectivity index (χ0n) is 3.88. The molecule has 0 amide bonds. The smallest absolute Gasteiger partial charge is 1.00 e. The average Bonchev–Trinajstić information content (AvgIpc) is 1.00. The molecule has 0 aliphatic rings. The van der Waals surface area contributed by atoms with Gasteiger partial charge in [-0.1, -0.05) is 0 Å². The van der Waals surface area contributed by atoms with Crippen LogP contribution in [-0.2, 0) is 0 Å². The largest absolute Gasteiger partial charge is 1.00 e. The summed E-state index contributed by atoms with van der Waals surface area (Å²) in [6.45, 7) is 0. The van der Waals surface area contributed by atoms with E-state index < -0.39 is 0 Å². The molecule has 0 rings (SSSR count). The third-order valence-electron chi connectivity index (χ3n) is 0. The molecule has 0 heterocycles. The minimum Gasteiger partial charge on any atom is -1.00 e. The van der Waals surface area contributed by atoms with Crippen LogP contribution in [0.15, 0.2) is 0 Å². The van der Waals surface area contributed by atoms with E-state index in [1.54, 1.807) is 0 Å². The third kappa shape index (κ3) is 9.43. The van der Waals surface area contributed by atoms with Crippen molar-refractivity contribution in [3.05, 3.63) is 0 Å². The predicted molar refractivity (Wildman–Crippen MR) is 23.3 cm³/mol. The summed E-state index contributed by atoms with van der Waals surface area (Å²) < 4.78 is 0. The van der Waals surface area contributed by atoms with Crippen LogP contribution in [0, 0.1) is 0 Å². The summed E-state index contributed by atoms with van der Waals surface area (Å²) in [6.07, 6.45) is 1.47. The molecule has 0 aromatic rings. The fourth-order valence-electron chi connectivity index (χ4n) is 0. The third-order valence-corrected chi connectivity index (χ3v) is 0. The van der Waals surface area contributed by atoms with Gasteiger partial charge in [0.15, 0.2) is 0 Å². The zero-order valence-corrected chi connectivity index (χ0v) is 6.63. The molecule has 0 unspecified atom stereocenters. The normalized spacial score (nSPS) is 1.50. The number of hydrogen-bond donors (Lipinski definition) is 0. The predicted octanol–water partition coefficient (Wildman–Crippen LogP) is -1.92. The molecule has 0 aliphatic carbocycles.